The van der Waals surface area contributed by atoms with Crippen LogP contribution in [0.15, 0.2) is 66.2 Å². The lowest BCUT2D eigenvalue weighted by Gasteiger charge is -2.27. The number of aliphatic hydroxyl groups excluding tert-OH is 1. The van der Waals surface area contributed by atoms with Crippen LogP contribution in [0.1, 0.15) is 56.3 Å². The second-order valence-electron chi connectivity index (χ2n) is 9.64. The lowest BCUT2D eigenvalue weighted by Crippen LogP contribution is -2.29. The van der Waals surface area contributed by atoms with E-state index in [0.29, 0.717) is 16.9 Å². The fourth-order valence-corrected chi connectivity index (χ4v) is 4.99. The minimum Gasteiger partial charge on any atom is -0.507 e. The number of ketones is 1. The van der Waals surface area contributed by atoms with Crippen LogP contribution in [0.2, 0.25) is 0 Å². The number of hydrogen-bond acceptors (Lipinski definition) is 5. The number of ether oxygens (including phenoxy) is 1. The molecule has 1 amide bonds. The van der Waals surface area contributed by atoms with Crippen molar-refractivity contribution in [2.45, 2.75) is 39.7 Å². The first kappa shape index (κ1) is 27.8. The summed E-state index contributed by atoms with van der Waals surface area (Å²) in [7, 11) is 1.55. The molecule has 39 heavy (non-hydrogen) atoms. The van der Waals surface area contributed by atoms with E-state index >= 15 is 0 Å². The highest BCUT2D eigenvalue weighted by atomic mass is 19.2. The molecule has 0 spiro atoms. The molecular formula is C31H32F2N2O4. The molecule has 6 nitrogen and oxygen atoms in total. The van der Waals surface area contributed by atoms with Crippen molar-refractivity contribution in [1.29, 1.82) is 0 Å². The summed E-state index contributed by atoms with van der Waals surface area (Å²) in [5.74, 6) is -3.76. The van der Waals surface area contributed by atoms with Gasteiger partial charge >= 0.3 is 0 Å². The Balaban J connectivity index is 1.93. The summed E-state index contributed by atoms with van der Waals surface area (Å²) in [6, 6.07) is 14.3. The molecule has 3 aromatic carbocycles. The number of carbonyl (C=O) groups is 2. The van der Waals surface area contributed by atoms with E-state index in [-0.39, 0.29) is 22.9 Å². The molecule has 0 aromatic heterocycles. The molecule has 1 atom stereocenters. The Labute approximate surface area is 227 Å². The Kier molecular flexibility index (Phi) is 8.04. The van der Waals surface area contributed by atoms with Crippen LogP contribution in [0.4, 0.5) is 20.2 Å². The number of nitrogens with zero attached hydrogens (tertiary/aromatic N) is 2. The minimum atomic E-state index is -1.15. The maximum absolute atomic E-state index is 14.2. The number of carbonyl (C=O) groups excluding carboxylic acids is 2. The largest absolute Gasteiger partial charge is 0.507 e. The van der Waals surface area contributed by atoms with Crippen LogP contribution in [0.3, 0.4) is 0 Å². The maximum atomic E-state index is 14.2. The highest BCUT2D eigenvalue weighted by Gasteiger charge is 2.47. The molecule has 8 heteroatoms. The van der Waals surface area contributed by atoms with Gasteiger partial charge in [-0.3, -0.25) is 14.5 Å². The number of Topliss-reactive ketones (excluding diaryl/α,β-unsaturated/α-hetero) is 1. The van der Waals surface area contributed by atoms with Gasteiger partial charge in [-0.15, -0.1) is 0 Å². The first-order valence-corrected chi connectivity index (χ1v) is 12.9. The predicted octanol–water partition coefficient (Wildman–Crippen LogP) is 6.57. The molecule has 1 aliphatic heterocycles. The van der Waals surface area contributed by atoms with Crippen molar-refractivity contribution in [2.24, 2.45) is 0 Å². The van der Waals surface area contributed by atoms with Gasteiger partial charge in [0, 0.05) is 36.1 Å². The number of halogens is 2. The van der Waals surface area contributed by atoms with Crippen molar-refractivity contribution < 1.29 is 28.2 Å². The molecule has 1 heterocycles. The van der Waals surface area contributed by atoms with Crippen LogP contribution in [0, 0.1) is 11.6 Å². The highest BCUT2D eigenvalue weighted by molar-refractivity contribution is 6.51. The third-order valence-corrected chi connectivity index (χ3v) is 7.09. The number of hydrogen-bond donors (Lipinski definition) is 1. The van der Waals surface area contributed by atoms with Crippen molar-refractivity contribution >= 4 is 28.8 Å². The van der Waals surface area contributed by atoms with E-state index in [1.165, 1.54) is 6.07 Å². The van der Waals surface area contributed by atoms with E-state index in [1.54, 1.807) is 37.4 Å². The van der Waals surface area contributed by atoms with Crippen molar-refractivity contribution in [3.05, 3.63) is 94.6 Å². The Morgan fingerprint density at radius 1 is 0.974 bits per heavy atom. The van der Waals surface area contributed by atoms with Crippen molar-refractivity contribution in [1.82, 2.24) is 0 Å². The van der Waals surface area contributed by atoms with Gasteiger partial charge in [0.1, 0.15) is 11.5 Å². The zero-order valence-corrected chi connectivity index (χ0v) is 22.7. The number of aliphatic hydroxyl groups is 1. The fourth-order valence-electron chi connectivity index (χ4n) is 4.99. The second kappa shape index (κ2) is 11.3. The quantitative estimate of drug-likeness (QED) is 0.201. The highest BCUT2D eigenvalue weighted by Crippen LogP contribution is 2.43. The van der Waals surface area contributed by atoms with Gasteiger partial charge in [-0.25, -0.2) is 8.78 Å². The summed E-state index contributed by atoms with van der Waals surface area (Å²) in [5.41, 5.74) is 2.51. The summed E-state index contributed by atoms with van der Waals surface area (Å²) in [6.07, 6.45) is 0. The molecule has 1 fully saturated rings. The smallest absolute Gasteiger partial charge is 0.300 e. The van der Waals surface area contributed by atoms with Crippen LogP contribution in [-0.4, -0.2) is 37.0 Å². The Bertz CT molecular complexity index is 1430. The number of amides is 1. The molecule has 204 valence electrons. The van der Waals surface area contributed by atoms with Gasteiger partial charge in [-0.05, 0) is 73.4 Å². The molecule has 1 unspecified atom stereocenters. The van der Waals surface area contributed by atoms with Crippen molar-refractivity contribution in [3.63, 3.8) is 0 Å². The third kappa shape index (κ3) is 5.11. The standard InChI is InChI=1S/C31H32F2N2O4/c1-6-34(7-2)21-11-8-19(9-12-21)28-27(29(36)20-10-15-26(39-5)23(16-20)18(3)4)30(37)31(38)35(28)22-13-14-24(32)25(33)17-22/h8-18,28,36H,6-7H2,1-5H3/b29-27-. The van der Waals surface area contributed by atoms with Crippen LogP contribution >= 0.6 is 0 Å². The number of anilines is 2. The molecular weight excluding hydrogens is 502 g/mol. The second-order valence-corrected chi connectivity index (χ2v) is 9.64. The van der Waals surface area contributed by atoms with Gasteiger partial charge in [0.05, 0.1) is 18.7 Å². The van der Waals surface area contributed by atoms with E-state index in [4.69, 9.17) is 4.74 Å². The molecule has 0 radical (unpaired) electrons. The summed E-state index contributed by atoms with van der Waals surface area (Å²) in [4.78, 5) is 30.0. The molecule has 1 saturated heterocycles. The lowest BCUT2D eigenvalue weighted by molar-refractivity contribution is -0.132. The predicted molar refractivity (Wildman–Crippen MR) is 148 cm³/mol. The fraction of sp³-hybridized carbons (Fsp3) is 0.290. The van der Waals surface area contributed by atoms with Gasteiger partial charge in [-0.1, -0.05) is 26.0 Å². The SMILES string of the molecule is CCN(CC)c1ccc(C2/C(=C(/O)c3ccc(OC)c(C(C)C)c3)C(=O)C(=O)N2c2ccc(F)c(F)c2)cc1. The number of benzene rings is 3. The van der Waals surface area contributed by atoms with Crippen LogP contribution in [-0.2, 0) is 9.59 Å². The van der Waals surface area contributed by atoms with E-state index in [0.717, 1.165) is 41.4 Å². The molecule has 0 aliphatic carbocycles. The van der Waals surface area contributed by atoms with Gasteiger partial charge in [0.2, 0.25) is 0 Å². The van der Waals surface area contributed by atoms with E-state index in [1.807, 2.05) is 39.8 Å². The Morgan fingerprint density at radius 2 is 1.64 bits per heavy atom. The van der Waals surface area contributed by atoms with Gasteiger partial charge in [0.15, 0.2) is 11.6 Å². The summed E-state index contributed by atoms with van der Waals surface area (Å²) < 4.78 is 33.4. The van der Waals surface area contributed by atoms with Gasteiger partial charge < -0.3 is 14.7 Å². The van der Waals surface area contributed by atoms with Crippen LogP contribution < -0.4 is 14.5 Å². The van der Waals surface area contributed by atoms with Gasteiger partial charge in [-0.2, -0.15) is 0 Å². The molecule has 1 N–H and O–H groups in total. The molecule has 0 bridgehead atoms. The van der Waals surface area contributed by atoms with Crippen LogP contribution in [0.5, 0.6) is 5.75 Å². The van der Waals surface area contributed by atoms with E-state index in [2.05, 4.69) is 4.90 Å². The number of methoxy groups -OCH3 is 1. The molecule has 4 rings (SSSR count). The molecule has 1 aliphatic rings. The summed E-state index contributed by atoms with van der Waals surface area (Å²) >= 11 is 0. The summed E-state index contributed by atoms with van der Waals surface area (Å²) in [5, 5.41) is 11.5. The average Bonchev–Trinajstić information content (AvgIpc) is 3.20. The molecule has 0 saturated carbocycles. The average molecular weight is 535 g/mol. The number of rotatable bonds is 8. The maximum Gasteiger partial charge on any atom is 0.300 e. The monoisotopic (exact) mass is 534 g/mol. The first-order chi connectivity index (χ1) is 18.6. The zero-order valence-electron chi connectivity index (χ0n) is 22.7. The minimum absolute atomic E-state index is 0.00506. The normalized spacial score (nSPS) is 16.7. The molecule has 3 aromatic rings. The van der Waals surface area contributed by atoms with E-state index in [9.17, 15) is 23.5 Å². The summed E-state index contributed by atoms with van der Waals surface area (Å²) in [6.45, 7) is 9.60. The van der Waals surface area contributed by atoms with E-state index < -0.39 is 29.4 Å². The van der Waals surface area contributed by atoms with Crippen LogP contribution in [0.25, 0.3) is 5.76 Å². The lowest BCUT2D eigenvalue weighted by atomic mass is 9.93. The zero-order chi connectivity index (χ0) is 28.4. The topological polar surface area (TPSA) is 70.1 Å². The van der Waals surface area contributed by atoms with Crippen molar-refractivity contribution in [3.8, 4) is 5.75 Å². The third-order valence-electron chi connectivity index (χ3n) is 7.09. The first-order valence-electron chi connectivity index (χ1n) is 12.9. The van der Waals surface area contributed by atoms with Gasteiger partial charge in [0.25, 0.3) is 11.7 Å². The Hall–Kier alpha value is -4.20. The Morgan fingerprint density at radius 3 is 2.21 bits per heavy atom. The van der Waals surface area contributed by atoms with Crippen molar-refractivity contribution in [2.75, 3.05) is 30.0 Å².